The van der Waals surface area contributed by atoms with Crippen LogP contribution in [0, 0.1) is 5.92 Å². The molecule has 1 saturated heterocycles. The SMILES string of the molecule is CCCC(C)NC(=O)CN1CCCC1C1CCCCC1=O. The molecule has 21 heavy (non-hydrogen) atoms. The predicted octanol–water partition coefficient (Wildman–Crippen LogP) is 2.51. The lowest BCUT2D eigenvalue weighted by Gasteiger charge is -2.32. The molecule has 0 bridgehead atoms. The van der Waals surface area contributed by atoms with Crippen LogP contribution in [-0.4, -0.2) is 41.8 Å². The average Bonchev–Trinajstić information content (AvgIpc) is 2.87. The highest BCUT2D eigenvalue weighted by Gasteiger charge is 2.37. The first-order valence-electron chi connectivity index (χ1n) is 8.68. The van der Waals surface area contributed by atoms with E-state index in [-0.39, 0.29) is 17.9 Å². The van der Waals surface area contributed by atoms with E-state index in [2.05, 4.69) is 24.1 Å². The Balaban J connectivity index is 1.86. The van der Waals surface area contributed by atoms with Gasteiger partial charge in [0.2, 0.25) is 5.91 Å². The maximum atomic E-state index is 12.2. The summed E-state index contributed by atoms with van der Waals surface area (Å²) in [6.45, 7) is 5.62. The minimum atomic E-state index is 0.117. The zero-order valence-electron chi connectivity index (χ0n) is 13.6. The second kappa shape index (κ2) is 7.92. The van der Waals surface area contributed by atoms with Crippen LogP contribution in [0.1, 0.15) is 65.2 Å². The van der Waals surface area contributed by atoms with E-state index >= 15 is 0 Å². The summed E-state index contributed by atoms with van der Waals surface area (Å²) in [5.41, 5.74) is 0. The molecule has 120 valence electrons. The average molecular weight is 294 g/mol. The van der Waals surface area contributed by atoms with Crippen LogP contribution in [0.2, 0.25) is 0 Å². The minimum absolute atomic E-state index is 0.117. The standard InChI is InChI=1S/C17H30N2O2/c1-3-7-13(2)18-17(21)12-19-11-6-9-15(19)14-8-4-5-10-16(14)20/h13-15H,3-12H2,1-2H3,(H,18,21). The molecule has 1 aliphatic carbocycles. The highest BCUT2D eigenvalue weighted by Crippen LogP contribution is 2.32. The van der Waals surface area contributed by atoms with Crippen molar-refractivity contribution in [1.82, 2.24) is 10.2 Å². The van der Waals surface area contributed by atoms with E-state index in [1.54, 1.807) is 0 Å². The van der Waals surface area contributed by atoms with E-state index < -0.39 is 0 Å². The number of carbonyl (C=O) groups is 2. The summed E-state index contributed by atoms with van der Waals surface area (Å²) in [6.07, 6.45) is 8.29. The first-order valence-corrected chi connectivity index (χ1v) is 8.68. The second-order valence-electron chi connectivity index (χ2n) is 6.76. The fourth-order valence-corrected chi connectivity index (χ4v) is 3.93. The van der Waals surface area contributed by atoms with Crippen molar-refractivity contribution in [3.63, 3.8) is 0 Å². The highest BCUT2D eigenvalue weighted by molar-refractivity contribution is 5.82. The largest absolute Gasteiger partial charge is 0.353 e. The van der Waals surface area contributed by atoms with E-state index in [1.807, 2.05) is 0 Å². The van der Waals surface area contributed by atoms with Crippen LogP contribution in [0.3, 0.4) is 0 Å². The Hall–Kier alpha value is -0.900. The maximum Gasteiger partial charge on any atom is 0.234 e. The van der Waals surface area contributed by atoms with E-state index in [0.717, 1.165) is 51.5 Å². The zero-order chi connectivity index (χ0) is 15.2. The van der Waals surface area contributed by atoms with Gasteiger partial charge in [0, 0.05) is 24.4 Å². The molecule has 0 aromatic heterocycles. The van der Waals surface area contributed by atoms with Gasteiger partial charge in [-0.2, -0.15) is 0 Å². The van der Waals surface area contributed by atoms with Crippen LogP contribution in [0.25, 0.3) is 0 Å². The number of likely N-dealkylation sites (tertiary alicyclic amines) is 1. The highest BCUT2D eigenvalue weighted by atomic mass is 16.2. The number of carbonyl (C=O) groups excluding carboxylic acids is 2. The molecule has 3 atom stereocenters. The minimum Gasteiger partial charge on any atom is -0.353 e. The number of hydrogen-bond acceptors (Lipinski definition) is 3. The van der Waals surface area contributed by atoms with Crippen molar-refractivity contribution in [2.24, 2.45) is 5.92 Å². The van der Waals surface area contributed by atoms with Gasteiger partial charge in [-0.15, -0.1) is 0 Å². The molecule has 1 aliphatic heterocycles. The smallest absolute Gasteiger partial charge is 0.234 e. The molecule has 0 aromatic carbocycles. The summed E-state index contributed by atoms with van der Waals surface area (Å²) in [5.74, 6) is 0.728. The Labute approximate surface area is 128 Å². The molecule has 2 rings (SSSR count). The van der Waals surface area contributed by atoms with Crippen LogP contribution in [0.4, 0.5) is 0 Å². The summed E-state index contributed by atoms with van der Waals surface area (Å²) in [7, 11) is 0. The zero-order valence-corrected chi connectivity index (χ0v) is 13.6. The van der Waals surface area contributed by atoms with Crippen LogP contribution in [0.15, 0.2) is 0 Å². The van der Waals surface area contributed by atoms with Gasteiger partial charge in [0.05, 0.1) is 6.54 Å². The quantitative estimate of drug-likeness (QED) is 0.819. The van der Waals surface area contributed by atoms with E-state index in [4.69, 9.17) is 0 Å². The Morgan fingerprint density at radius 3 is 2.86 bits per heavy atom. The van der Waals surface area contributed by atoms with Gasteiger partial charge < -0.3 is 5.32 Å². The third kappa shape index (κ3) is 4.53. The number of hydrogen-bond donors (Lipinski definition) is 1. The molecule has 2 fully saturated rings. The van der Waals surface area contributed by atoms with E-state index in [0.29, 0.717) is 18.4 Å². The number of nitrogens with zero attached hydrogens (tertiary/aromatic N) is 1. The molecule has 2 aliphatic rings. The predicted molar refractivity (Wildman–Crippen MR) is 84.1 cm³/mol. The lowest BCUT2D eigenvalue weighted by molar-refractivity contribution is -0.129. The maximum absolute atomic E-state index is 12.2. The van der Waals surface area contributed by atoms with Gasteiger partial charge in [0.15, 0.2) is 0 Å². The normalized spacial score (nSPS) is 28.6. The van der Waals surface area contributed by atoms with Gasteiger partial charge in [0.25, 0.3) is 0 Å². The number of rotatable bonds is 6. The van der Waals surface area contributed by atoms with Gasteiger partial charge in [-0.05, 0) is 45.6 Å². The van der Waals surface area contributed by atoms with Crippen molar-refractivity contribution in [1.29, 1.82) is 0 Å². The van der Waals surface area contributed by atoms with Gasteiger partial charge in [-0.1, -0.05) is 19.8 Å². The topological polar surface area (TPSA) is 49.4 Å². The molecule has 0 aromatic rings. The number of ketones is 1. The first-order chi connectivity index (χ1) is 10.1. The molecular weight excluding hydrogens is 264 g/mol. The van der Waals surface area contributed by atoms with Crippen molar-refractivity contribution in [2.45, 2.75) is 77.3 Å². The van der Waals surface area contributed by atoms with Gasteiger partial charge in [-0.3, -0.25) is 14.5 Å². The lowest BCUT2D eigenvalue weighted by Crippen LogP contribution is -2.46. The van der Waals surface area contributed by atoms with Crippen LogP contribution in [0.5, 0.6) is 0 Å². The Morgan fingerprint density at radius 1 is 1.33 bits per heavy atom. The lowest BCUT2D eigenvalue weighted by atomic mass is 9.82. The first kappa shape index (κ1) is 16.5. The van der Waals surface area contributed by atoms with E-state index in [1.165, 1.54) is 6.42 Å². The Kier molecular flexibility index (Phi) is 6.22. The molecule has 0 radical (unpaired) electrons. The molecule has 1 saturated carbocycles. The third-order valence-corrected chi connectivity index (χ3v) is 4.96. The summed E-state index contributed by atoms with van der Waals surface area (Å²) < 4.78 is 0. The van der Waals surface area contributed by atoms with Gasteiger partial charge in [-0.25, -0.2) is 0 Å². The fraction of sp³-hybridized carbons (Fsp3) is 0.882. The number of Topliss-reactive ketones (excluding diaryl/α,β-unsaturated/α-hetero) is 1. The van der Waals surface area contributed by atoms with Crippen molar-refractivity contribution in [3.05, 3.63) is 0 Å². The van der Waals surface area contributed by atoms with Crippen LogP contribution in [-0.2, 0) is 9.59 Å². The van der Waals surface area contributed by atoms with Gasteiger partial charge in [0.1, 0.15) is 5.78 Å². The van der Waals surface area contributed by atoms with Crippen molar-refractivity contribution >= 4 is 11.7 Å². The van der Waals surface area contributed by atoms with Crippen molar-refractivity contribution in [2.75, 3.05) is 13.1 Å². The number of amides is 1. The molecule has 3 unspecified atom stereocenters. The molecular formula is C17H30N2O2. The van der Waals surface area contributed by atoms with E-state index in [9.17, 15) is 9.59 Å². The Bertz CT molecular complexity index is 370. The summed E-state index contributed by atoms with van der Waals surface area (Å²) in [5, 5.41) is 3.08. The van der Waals surface area contributed by atoms with Crippen molar-refractivity contribution in [3.8, 4) is 0 Å². The monoisotopic (exact) mass is 294 g/mol. The summed E-state index contributed by atoms with van der Waals surface area (Å²) >= 11 is 0. The van der Waals surface area contributed by atoms with Gasteiger partial charge >= 0.3 is 0 Å². The number of nitrogens with one attached hydrogen (secondary N) is 1. The molecule has 4 nitrogen and oxygen atoms in total. The molecule has 4 heteroatoms. The third-order valence-electron chi connectivity index (χ3n) is 4.96. The molecule has 0 spiro atoms. The fourth-order valence-electron chi connectivity index (χ4n) is 3.93. The molecule has 1 N–H and O–H groups in total. The van der Waals surface area contributed by atoms with Crippen LogP contribution < -0.4 is 5.32 Å². The van der Waals surface area contributed by atoms with Crippen molar-refractivity contribution < 1.29 is 9.59 Å². The molecule has 1 amide bonds. The summed E-state index contributed by atoms with van der Waals surface area (Å²) in [6, 6.07) is 0.560. The Morgan fingerprint density at radius 2 is 2.14 bits per heavy atom. The second-order valence-corrected chi connectivity index (χ2v) is 6.76. The van der Waals surface area contributed by atoms with Crippen LogP contribution >= 0.6 is 0 Å². The molecule has 1 heterocycles. The summed E-state index contributed by atoms with van der Waals surface area (Å²) in [4.78, 5) is 26.6.